The quantitative estimate of drug-likeness (QED) is 0.357. The Labute approximate surface area is 203 Å². The summed E-state index contributed by atoms with van der Waals surface area (Å²) in [7, 11) is 0. The number of carbonyl (C=O) groups excluding carboxylic acids is 1. The van der Waals surface area contributed by atoms with Crippen LogP contribution in [0.25, 0.3) is 22.6 Å². The summed E-state index contributed by atoms with van der Waals surface area (Å²) in [6.07, 6.45) is 6.07. The maximum atomic E-state index is 12.0. The molecule has 0 bridgehead atoms. The van der Waals surface area contributed by atoms with Crippen molar-refractivity contribution in [1.82, 2.24) is 24.8 Å². The van der Waals surface area contributed by atoms with Crippen molar-refractivity contribution in [3.05, 3.63) is 54.4 Å². The van der Waals surface area contributed by atoms with Crippen LogP contribution >= 0.6 is 0 Å². The zero-order chi connectivity index (χ0) is 24.6. The lowest BCUT2D eigenvalue weighted by Gasteiger charge is -2.08. The number of alkyl carbamates (subject to hydrolysis) is 1. The predicted octanol–water partition coefficient (Wildman–Crippen LogP) is 4.86. The minimum absolute atomic E-state index is 0.223. The fourth-order valence-corrected chi connectivity index (χ4v) is 3.60. The Morgan fingerprint density at radius 1 is 1.14 bits per heavy atom. The number of benzene rings is 1. The van der Waals surface area contributed by atoms with Gasteiger partial charge in [-0.2, -0.15) is 0 Å². The van der Waals surface area contributed by atoms with Gasteiger partial charge in [0.1, 0.15) is 11.8 Å². The molecule has 4 aromatic rings. The first-order valence-corrected chi connectivity index (χ1v) is 11.7. The maximum absolute atomic E-state index is 12.0. The molecular weight excluding hydrogens is 450 g/mol. The lowest BCUT2D eigenvalue weighted by Crippen LogP contribution is -2.24. The molecule has 1 amide bonds. The Balaban J connectivity index is 0.00000141. The van der Waals surface area contributed by atoms with E-state index in [0.29, 0.717) is 37.0 Å². The van der Waals surface area contributed by atoms with E-state index in [1.165, 1.54) is 0 Å². The van der Waals surface area contributed by atoms with E-state index < -0.39 is 6.09 Å². The number of aromatic nitrogens is 4. The zero-order valence-corrected chi connectivity index (χ0v) is 20.1. The van der Waals surface area contributed by atoms with Gasteiger partial charge in [0.15, 0.2) is 23.0 Å². The molecule has 4 heterocycles. The molecule has 0 saturated carbocycles. The van der Waals surface area contributed by atoms with Crippen molar-refractivity contribution >= 4 is 17.3 Å². The minimum atomic E-state index is -0.450. The van der Waals surface area contributed by atoms with Gasteiger partial charge in [0.2, 0.25) is 6.79 Å². The number of furan rings is 1. The van der Waals surface area contributed by atoms with Crippen molar-refractivity contribution in [3.8, 4) is 22.9 Å². The third-order valence-corrected chi connectivity index (χ3v) is 5.32. The smallest absolute Gasteiger partial charge is 0.407 e. The van der Waals surface area contributed by atoms with Gasteiger partial charge in [-0.1, -0.05) is 19.9 Å². The second-order valence-corrected chi connectivity index (χ2v) is 7.64. The van der Waals surface area contributed by atoms with Crippen LogP contribution in [-0.4, -0.2) is 39.0 Å². The summed E-state index contributed by atoms with van der Waals surface area (Å²) >= 11 is 0. The van der Waals surface area contributed by atoms with E-state index in [-0.39, 0.29) is 6.79 Å². The van der Waals surface area contributed by atoms with E-state index in [4.69, 9.17) is 18.6 Å². The standard InChI is InChI=1S/C23H23N5O5.C2H6/c1-15-20-22(27-21(26-15)17-6-9-30-12-17)28(13-25-20)7-2-3-8-31-23(29)24-11-16-4-5-18-19(10-16)33-14-32-18;1-2/h4-6,9-10,12-13H,2-3,7-8,11,14H2,1H3,(H,24,29);1-2H3. The Morgan fingerprint density at radius 3 is 2.83 bits per heavy atom. The number of nitrogens with one attached hydrogen (secondary N) is 1. The number of hydrogen-bond acceptors (Lipinski definition) is 8. The van der Waals surface area contributed by atoms with Gasteiger partial charge >= 0.3 is 6.09 Å². The van der Waals surface area contributed by atoms with Crippen LogP contribution in [0.2, 0.25) is 0 Å². The summed E-state index contributed by atoms with van der Waals surface area (Å²) in [6.45, 7) is 7.53. The Kier molecular flexibility index (Phi) is 7.81. The van der Waals surface area contributed by atoms with E-state index in [9.17, 15) is 4.79 Å². The molecule has 0 unspecified atom stereocenters. The molecule has 3 aromatic heterocycles. The lowest BCUT2D eigenvalue weighted by atomic mass is 10.2. The lowest BCUT2D eigenvalue weighted by molar-refractivity contribution is 0.143. The molecule has 0 saturated heterocycles. The second-order valence-electron chi connectivity index (χ2n) is 7.64. The largest absolute Gasteiger partial charge is 0.472 e. The Hall–Kier alpha value is -4.08. The van der Waals surface area contributed by atoms with Crippen LogP contribution < -0.4 is 14.8 Å². The molecular formula is C25H29N5O5. The van der Waals surface area contributed by atoms with Crippen molar-refractivity contribution in [2.24, 2.45) is 0 Å². The molecule has 0 aliphatic carbocycles. The molecule has 10 heteroatoms. The first kappa shape index (κ1) is 24.1. The van der Waals surface area contributed by atoms with Crippen molar-refractivity contribution in [1.29, 1.82) is 0 Å². The van der Waals surface area contributed by atoms with E-state index in [1.807, 2.05) is 49.6 Å². The number of nitrogens with zero attached hydrogens (tertiary/aromatic N) is 4. The maximum Gasteiger partial charge on any atom is 0.407 e. The topological polar surface area (TPSA) is 114 Å². The van der Waals surface area contributed by atoms with Crippen LogP contribution in [0.5, 0.6) is 11.5 Å². The number of aryl methyl sites for hydroxylation is 2. The average Bonchev–Trinajstić information content (AvgIpc) is 3.65. The van der Waals surface area contributed by atoms with Crippen molar-refractivity contribution in [2.75, 3.05) is 13.4 Å². The summed E-state index contributed by atoms with van der Waals surface area (Å²) in [6, 6.07) is 7.39. The van der Waals surface area contributed by atoms with E-state index in [1.54, 1.807) is 18.9 Å². The molecule has 10 nitrogen and oxygen atoms in total. The third kappa shape index (κ3) is 5.71. The number of imidazole rings is 1. The van der Waals surface area contributed by atoms with Crippen LogP contribution in [0.4, 0.5) is 4.79 Å². The number of unbranched alkanes of at least 4 members (excludes halogenated alkanes) is 1. The highest BCUT2D eigenvalue weighted by Gasteiger charge is 2.14. The van der Waals surface area contributed by atoms with Gasteiger partial charge in [-0.3, -0.25) is 0 Å². The number of rotatable bonds is 8. The second kappa shape index (κ2) is 11.4. The summed E-state index contributed by atoms with van der Waals surface area (Å²) in [5.74, 6) is 2.01. The summed E-state index contributed by atoms with van der Waals surface area (Å²) in [5, 5.41) is 2.75. The number of hydrogen-bond donors (Lipinski definition) is 1. The third-order valence-electron chi connectivity index (χ3n) is 5.32. The average molecular weight is 480 g/mol. The molecule has 1 aromatic carbocycles. The SMILES string of the molecule is CC.Cc1nc(-c2ccoc2)nc2c1ncn2CCCCOC(=O)NCc1ccc2c(c1)OCO2. The van der Waals surface area contributed by atoms with Crippen LogP contribution in [0.3, 0.4) is 0 Å². The first-order chi connectivity index (χ1) is 17.2. The van der Waals surface area contributed by atoms with E-state index in [0.717, 1.165) is 40.8 Å². The van der Waals surface area contributed by atoms with Crippen molar-refractivity contribution in [2.45, 2.75) is 46.7 Å². The first-order valence-electron chi connectivity index (χ1n) is 11.7. The molecule has 35 heavy (non-hydrogen) atoms. The molecule has 1 aliphatic heterocycles. The number of amides is 1. The summed E-state index contributed by atoms with van der Waals surface area (Å²) in [5.41, 5.74) is 4.11. The molecule has 184 valence electrons. The van der Waals surface area contributed by atoms with Gasteiger partial charge in [0.25, 0.3) is 0 Å². The Bertz CT molecular complexity index is 1270. The van der Waals surface area contributed by atoms with Crippen LogP contribution in [0, 0.1) is 6.92 Å². The van der Waals surface area contributed by atoms with Gasteiger partial charge in [-0.15, -0.1) is 0 Å². The van der Waals surface area contributed by atoms with Crippen LogP contribution in [-0.2, 0) is 17.8 Å². The van der Waals surface area contributed by atoms with Crippen LogP contribution in [0.1, 0.15) is 37.9 Å². The highest BCUT2D eigenvalue weighted by Crippen LogP contribution is 2.32. The number of carbonyl (C=O) groups is 1. The predicted molar refractivity (Wildman–Crippen MR) is 129 cm³/mol. The highest BCUT2D eigenvalue weighted by molar-refractivity contribution is 5.75. The molecule has 5 rings (SSSR count). The fraction of sp³-hybridized carbons (Fsp3) is 0.360. The molecule has 1 aliphatic rings. The van der Waals surface area contributed by atoms with Gasteiger partial charge in [-0.05, 0) is 43.5 Å². The van der Waals surface area contributed by atoms with Gasteiger partial charge in [0, 0.05) is 13.1 Å². The van der Waals surface area contributed by atoms with Gasteiger partial charge in [-0.25, -0.2) is 19.7 Å². The van der Waals surface area contributed by atoms with E-state index in [2.05, 4.69) is 20.3 Å². The monoisotopic (exact) mass is 479 g/mol. The Morgan fingerprint density at radius 2 is 2.00 bits per heavy atom. The van der Waals surface area contributed by atoms with Gasteiger partial charge in [0.05, 0.1) is 30.5 Å². The molecule has 0 fully saturated rings. The fourth-order valence-electron chi connectivity index (χ4n) is 3.60. The van der Waals surface area contributed by atoms with E-state index >= 15 is 0 Å². The molecule has 1 N–H and O–H groups in total. The minimum Gasteiger partial charge on any atom is -0.472 e. The normalized spacial score (nSPS) is 11.7. The number of fused-ring (bicyclic) bond motifs is 2. The molecule has 0 radical (unpaired) electrons. The van der Waals surface area contributed by atoms with Gasteiger partial charge < -0.3 is 28.5 Å². The molecule has 0 atom stereocenters. The highest BCUT2D eigenvalue weighted by atomic mass is 16.7. The number of ether oxygens (including phenoxy) is 3. The zero-order valence-electron chi connectivity index (χ0n) is 20.1. The van der Waals surface area contributed by atoms with Crippen molar-refractivity contribution < 1.29 is 23.4 Å². The summed E-state index contributed by atoms with van der Waals surface area (Å²) in [4.78, 5) is 25.6. The van der Waals surface area contributed by atoms with Crippen molar-refractivity contribution in [3.63, 3.8) is 0 Å². The van der Waals surface area contributed by atoms with Crippen LogP contribution in [0.15, 0.2) is 47.5 Å². The molecule has 0 spiro atoms. The summed E-state index contributed by atoms with van der Waals surface area (Å²) < 4.78 is 23.0.